The van der Waals surface area contributed by atoms with Crippen LogP contribution in [0.2, 0.25) is 0 Å². The fourth-order valence-electron chi connectivity index (χ4n) is 1.49. The van der Waals surface area contributed by atoms with Gasteiger partial charge in [-0.25, -0.2) is 4.79 Å². The van der Waals surface area contributed by atoms with E-state index in [9.17, 15) is 4.79 Å². The van der Waals surface area contributed by atoms with E-state index in [-0.39, 0.29) is 18.6 Å². The highest BCUT2D eigenvalue weighted by molar-refractivity contribution is 5.68. The van der Waals surface area contributed by atoms with E-state index < -0.39 is 5.60 Å². The number of carbonyl (C=O) groups is 1. The van der Waals surface area contributed by atoms with Gasteiger partial charge in [0.2, 0.25) is 0 Å². The molecular formula is C11H18N2O3. The maximum Gasteiger partial charge on any atom is 0.410 e. The van der Waals surface area contributed by atoms with Crippen LogP contribution in [0, 0.1) is 11.3 Å². The van der Waals surface area contributed by atoms with Crippen LogP contribution >= 0.6 is 0 Å². The zero-order valence-corrected chi connectivity index (χ0v) is 10.0. The Balaban J connectivity index is 2.61. The molecule has 1 unspecified atom stereocenters. The van der Waals surface area contributed by atoms with Crippen molar-refractivity contribution in [3.63, 3.8) is 0 Å². The van der Waals surface area contributed by atoms with Crippen LogP contribution < -0.4 is 0 Å². The standard InChI is InChI=1S/C11H18N2O3/c1-11(2,3)16-10(14)13-6-7-15-8-9(13)4-5-12/h9H,4,6-8H2,1-3H3. The van der Waals surface area contributed by atoms with Crippen LogP contribution in [-0.2, 0) is 9.47 Å². The molecule has 0 aromatic carbocycles. The number of ether oxygens (including phenoxy) is 2. The molecule has 0 radical (unpaired) electrons. The van der Waals surface area contributed by atoms with Gasteiger partial charge in [-0.15, -0.1) is 0 Å². The quantitative estimate of drug-likeness (QED) is 0.680. The average Bonchev–Trinajstić information content (AvgIpc) is 2.16. The molecule has 16 heavy (non-hydrogen) atoms. The summed E-state index contributed by atoms with van der Waals surface area (Å²) in [6.07, 6.45) is -0.0877. The Kier molecular flexibility index (Phi) is 4.13. The normalized spacial score (nSPS) is 21.4. The van der Waals surface area contributed by atoms with Crippen molar-refractivity contribution in [2.75, 3.05) is 19.8 Å². The molecule has 0 bridgehead atoms. The van der Waals surface area contributed by atoms with Crippen molar-refractivity contribution >= 4 is 6.09 Å². The summed E-state index contributed by atoms with van der Waals surface area (Å²) in [5.74, 6) is 0. The third kappa shape index (κ3) is 3.70. The van der Waals surface area contributed by atoms with E-state index in [0.29, 0.717) is 19.8 Å². The largest absolute Gasteiger partial charge is 0.444 e. The highest BCUT2D eigenvalue weighted by atomic mass is 16.6. The molecule has 0 spiro atoms. The maximum absolute atomic E-state index is 11.8. The van der Waals surface area contributed by atoms with Crippen LogP contribution in [0.15, 0.2) is 0 Å². The molecule has 1 aliphatic rings. The molecule has 0 aromatic rings. The molecule has 0 saturated carbocycles. The lowest BCUT2D eigenvalue weighted by molar-refractivity contribution is -0.0310. The Morgan fingerprint density at radius 1 is 1.62 bits per heavy atom. The molecule has 1 heterocycles. The van der Waals surface area contributed by atoms with Gasteiger partial charge >= 0.3 is 6.09 Å². The van der Waals surface area contributed by atoms with Crippen LogP contribution in [0.1, 0.15) is 27.2 Å². The lowest BCUT2D eigenvalue weighted by Gasteiger charge is -2.35. The summed E-state index contributed by atoms with van der Waals surface area (Å²) < 4.78 is 10.5. The fraction of sp³-hybridized carbons (Fsp3) is 0.818. The summed E-state index contributed by atoms with van der Waals surface area (Å²) in [6.45, 7) is 6.87. The van der Waals surface area contributed by atoms with E-state index in [0.717, 1.165) is 0 Å². The van der Waals surface area contributed by atoms with E-state index >= 15 is 0 Å². The van der Waals surface area contributed by atoms with Crippen LogP contribution in [0.4, 0.5) is 4.79 Å². The minimum atomic E-state index is -0.507. The Labute approximate surface area is 95.9 Å². The lowest BCUT2D eigenvalue weighted by atomic mass is 10.2. The van der Waals surface area contributed by atoms with E-state index in [4.69, 9.17) is 14.7 Å². The van der Waals surface area contributed by atoms with Gasteiger partial charge < -0.3 is 9.47 Å². The number of hydrogen-bond donors (Lipinski definition) is 0. The Morgan fingerprint density at radius 2 is 2.31 bits per heavy atom. The number of nitriles is 1. The molecule has 0 aromatic heterocycles. The number of carbonyl (C=O) groups excluding carboxylic acids is 1. The highest BCUT2D eigenvalue weighted by Gasteiger charge is 2.30. The van der Waals surface area contributed by atoms with Crippen molar-refractivity contribution in [3.05, 3.63) is 0 Å². The first-order chi connectivity index (χ1) is 7.44. The van der Waals surface area contributed by atoms with Crippen LogP contribution in [-0.4, -0.2) is 42.4 Å². The zero-order valence-electron chi connectivity index (χ0n) is 10.0. The molecule has 5 nitrogen and oxygen atoms in total. The zero-order chi connectivity index (χ0) is 12.2. The average molecular weight is 226 g/mol. The molecule has 0 aliphatic carbocycles. The third-order valence-electron chi connectivity index (χ3n) is 2.18. The second-order valence-corrected chi connectivity index (χ2v) is 4.76. The number of hydrogen-bond acceptors (Lipinski definition) is 4. The first kappa shape index (κ1) is 12.8. The fourth-order valence-corrected chi connectivity index (χ4v) is 1.49. The molecule has 1 amide bonds. The predicted octanol–water partition coefficient (Wildman–Crippen LogP) is 1.54. The summed E-state index contributed by atoms with van der Waals surface area (Å²) in [6, 6.07) is 1.87. The first-order valence-corrected chi connectivity index (χ1v) is 5.38. The SMILES string of the molecule is CC(C)(C)OC(=O)N1CCOCC1CC#N. The van der Waals surface area contributed by atoms with Gasteiger partial charge in [0, 0.05) is 6.54 Å². The van der Waals surface area contributed by atoms with Gasteiger partial charge in [0.05, 0.1) is 31.7 Å². The number of nitrogens with zero attached hydrogens (tertiary/aromatic N) is 2. The molecule has 5 heteroatoms. The predicted molar refractivity (Wildman–Crippen MR) is 57.8 cm³/mol. The second kappa shape index (κ2) is 5.17. The second-order valence-electron chi connectivity index (χ2n) is 4.76. The van der Waals surface area contributed by atoms with Gasteiger partial charge in [0.25, 0.3) is 0 Å². The molecule has 90 valence electrons. The molecular weight excluding hydrogens is 208 g/mol. The first-order valence-electron chi connectivity index (χ1n) is 5.38. The summed E-state index contributed by atoms with van der Waals surface area (Å²) >= 11 is 0. The van der Waals surface area contributed by atoms with Gasteiger partial charge in [-0.3, -0.25) is 4.90 Å². The van der Waals surface area contributed by atoms with Crippen molar-refractivity contribution in [1.29, 1.82) is 5.26 Å². The molecule has 1 saturated heterocycles. The van der Waals surface area contributed by atoms with Gasteiger partial charge in [-0.05, 0) is 20.8 Å². The third-order valence-corrected chi connectivity index (χ3v) is 2.18. The molecule has 0 N–H and O–H groups in total. The Bertz CT molecular complexity index is 291. The Hall–Kier alpha value is -1.28. The van der Waals surface area contributed by atoms with E-state index in [2.05, 4.69) is 6.07 Å². The summed E-state index contributed by atoms with van der Waals surface area (Å²) in [5, 5.41) is 8.67. The number of morpholine rings is 1. The van der Waals surface area contributed by atoms with Crippen LogP contribution in [0.5, 0.6) is 0 Å². The topological polar surface area (TPSA) is 62.6 Å². The monoisotopic (exact) mass is 226 g/mol. The lowest BCUT2D eigenvalue weighted by Crippen LogP contribution is -2.50. The van der Waals surface area contributed by atoms with Crippen molar-refractivity contribution in [2.45, 2.75) is 38.8 Å². The van der Waals surface area contributed by atoms with Crippen molar-refractivity contribution < 1.29 is 14.3 Å². The van der Waals surface area contributed by atoms with Crippen LogP contribution in [0.25, 0.3) is 0 Å². The van der Waals surface area contributed by atoms with E-state index in [1.54, 1.807) is 4.90 Å². The van der Waals surface area contributed by atoms with Crippen molar-refractivity contribution in [3.8, 4) is 6.07 Å². The summed E-state index contributed by atoms with van der Waals surface area (Å²) in [4.78, 5) is 13.4. The van der Waals surface area contributed by atoms with Crippen LogP contribution in [0.3, 0.4) is 0 Å². The van der Waals surface area contributed by atoms with E-state index in [1.165, 1.54) is 0 Å². The van der Waals surface area contributed by atoms with Gasteiger partial charge in [0.15, 0.2) is 0 Å². The maximum atomic E-state index is 11.8. The number of rotatable bonds is 1. The minimum Gasteiger partial charge on any atom is -0.444 e. The molecule has 1 rings (SSSR count). The highest BCUT2D eigenvalue weighted by Crippen LogP contribution is 2.15. The van der Waals surface area contributed by atoms with Crippen molar-refractivity contribution in [1.82, 2.24) is 4.90 Å². The van der Waals surface area contributed by atoms with Gasteiger partial charge in [-0.2, -0.15) is 5.26 Å². The molecule has 1 fully saturated rings. The summed E-state index contributed by atoms with van der Waals surface area (Å²) in [5.41, 5.74) is -0.507. The van der Waals surface area contributed by atoms with Crippen molar-refractivity contribution in [2.24, 2.45) is 0 Å². The molecule has 1 atom stereocenters. The Morgan fingerprint density at radius 3 is 2.88 bits per heavy atom. The molecule has 1 aliphatic heterocycles. The number of amides is 1. The summed E-state index contributed by atoms with van der Waals surface area (Å²) in [7, 11) is 0. The van der Waals surface area contributed by atoms with E-state index in [1.807, 2.05) is 20.8 Å². The smallest absolute Gasteiger partial charge is 0.410 e. The minimum absolute atomic E-state index is 0.186. The van der Waals surface area contributed by atoms with Gasteiger partial charge in [0.1, 0.15) is 5.60 Å². The van der Waals surface area contributed by atoms with Gasteiger partial charge in [-0.1, -0.05) is 0 Å².